The number of rotatable bonds is 6. The van der Waals surface area contributed by atoms with E-state index in [1.54, 1.807) is 24.3 Å². The third-order valence-corrected chi connectivity index (χ3v) is 9.56. The van der Waals surface area contributed by atoms with Crippen molar-refractivity contribution in [2.45, 2.75) is 25.8 Å². The SMILES string of the molecule is CNC(=O)c1c(-n2cc(C(C)(F)F)cn2)oc2cc(N(C)S(C)(=O)=O)c(-c3ccc4c(n3)-c3cc5c(F)cccc5n3CC4)cc12. The van der Waals surface area contributed by atoms with E-state index in [-0.39, 0.29) is 39.5 Å². The van der Waals surface area contributed by atoms with Crippen molar-refractivity contribution in [1.82, 2.24) is 24.6 Å². The molecule has 0 radical (unpaired) electrons. The predicted octanol–water partition coefficient (Wildman–Crippen LogP) is 5.86. The van der Waals surface area contributed by atoms with E-state index in [1.807, 2.05) is 16.7 Å². The normalized spacial score (nSPS) is 13.2. The fraction of sp³-hybridized carbons (Fsp3) is 0.219. The first kappa shape index (κ1) is 29.6. The molecule has 0 bridgehead atoms. The summed E-state index contributed by atoms with van der Waals surface area (Å²) >= 11 is 0. The summed E-state index contributed by atoms with van der Waals surface area (Å²) in [6.45, 7) is 1.37. The van der Waals surface area contributed by atoms with Crippen LogP contribution in [-0.4, -0.2) is 54.0 Å². The molecule has 6 aromatic rings. The van der Waals surface area contributed by atoms with Gasteiger partial charge in [0.25, 0.3) is 11.8 Å². The van der Waals surface area contributed by atoms with Gasteiger partial charge in [-0.25, -0.2) is 31.3 Å². The van der Waals surface area contributed by atoms with Crippen LogP contribution in [0.15, 0.2) is 65.3 Å². The largest absolute Gasteiger partial charge is 0.437 e. The Morgan fingerprint density at radius 1 is 1.13 bits per heavy atom. The molecule has 2 aromatic carbocycles. The number of hydrogen-bond donors (Lipinski definition) is 1. The van der Waals surface area contributed by atoms with Gasteiger partial charge >= 0.3 is 0 Å². The maximum absolute atomic E-state index is 14.7. The highest BCUT2D eigenvalue weighted by atomic mass is 32.2. The molecule has 0 saturated heterocycles. The van der Waals surface area contributed by atoms with Crippen LogP contribution in [0.2, 0.25) is 0 Å². The van der Waals surface area contributed by atoms with Gasteiger partial charge < -0.3 is 14.3 Å². The maximum Gasteiger partial charge on any atom is 0.273 e. The summed E-state index contributed by atoms with van der Waals surface area (Å²) in [6.07, 6.45) is 3.76. The van der Waals surface area contributed by atoms with Crippen LogP contribution in [0.25, 0.3) is 50.4 Å². The summed E-state index contributed by atoms with van der Waals surface area (Å²) in [4.78, 5) is 18.2. The maximum atomic E-state index is 14.7. The van der Waals surface area contributed by atoms with Crippen molar-refractivity contribution in [1.29, 1.82) is 0 Å². The number of aromatic nitrogens is 4. The molecule has 0 atom stereocenters. The second kappa shape index (κ2) is 10.2. The van der Waals surface area contributed by atoms with Crippen molar-refractivity contribution >= 4 is 43.5 Å². The first-order valence-electron chi connectivity index (χ1n) is 14.2. The lowest BCUT2D eigenvalue weighted by molar-refractivity contribution is 0.0174. The Kier molecular flexibility index (Phi) is 6.56. The summed E-state index contributed by atoms with van der Waals surface area (Å²) in [6, 6.07) is 13.4. The van der Waals surface area contributed by atoms with Gasteiger partial charge in [-0.15, -0.1) is 0 Å². The van der Waals surface area contributed by atoms with Crippen molar-refractivity contribution in [3.05, 3.63) is 83.4 Å². The minimum atomic E-state index is -3.79. The first-order chi connectivity index (χ1) is 21.8. The molecule has 46 heavy (non-hydrogen) atoms. The van der Waals surface area contributed by atoms with Gasteiger partial charge in [0.15, 0.2) is 0 Å². The molecule has 1 N–H and O–H groups in total. The van der Waals surface area contributed by atoms with Gasteiger partial charge in [0.1, 0.15) is 17.0 Å². The molecule has 0 aliphatic carbocycles. The fourth-order valence-corrected chi connectivity index (χ4v) is 6.42. The van der Waals surface area contributed by atoms with Crippen LogP contribution >= 0.6 is 0 Å². The number of halogens is 3. The molecule has 7 rings (SSSR count). The number of anilines is 1. The molecule has 4 aromatic heterocycles. The molecule has 1 aliphatic rings. The molecule has 0 unspecified atom stereocenters. The average Bonchev–Trinajstić information content (AvgIpc) is 3.75. The van der Waals surface area contributed by atoms with E-state index in [0.29, 0.717) is 35.3 Å². The summed E-state index contributed by atoms with van der Waals surface area (Å²) in [5, 5.41) is 7.32. The summed E-state index contributed by atoms with van der Waals surface area (Å²) in [5.41, 5.74) is 3.74. The van der Waals surface area contributed by atoms with Gasteiger partial charge in [0, 0.05) is 56.2 Å². The van der Waals surface area contributed by atoms with Gasteiger partial charge in [-0.05, 0) is 42.3 Å². The monoisotopic (exact) mass is 648 g/mol. The molecule has 14 heteroatoms. The van der Waals surface area contributed by atoms with Crippen LogP contribution in [0.4, 0.5) is 18.9 Å². The minimum absolute atomic E-state index is 0.00920. The van der Waals surface area contributed by atoms with Gasteiger partial charge in [0.05, 0.1) is 46.3 Å². The molecule has 1 aliphatic heterocycles. The highest BCUT2D eigenvalue weighted by Gasteiger charge is 2.31. The molecule has 1 amide bonds. The number of amides is 1. The lowest BCUT2D eigenvalue weighted by Crippen LogP contribution is -2.25. The number of nitrogens with one attached hydrogen (secondary N) is 1. The first-order valence-corrected chi connectivity index (χ1v) is 16.1. The Labute approximate surface area is 261 Å². The van der Waals surface area contributed by atoms with E-state index in [1.165, 1.54) is 26.2 Å². The van der Waals surface area contributed by atoms with E-state index >= 15 is 0 Å². The molecule has 0 saturated carbocycles. The molecular formula is C32H27F3N6O4S. The van der Waals surface area contributed by atoms with Gasteiger partial charge in [0.2, 0.25) is 15.9 Å². The van der Waals surface area contributed by atoms with Crippen molar-refractivity contribution in [3.63, 3.8) is 0 Å². The Hall–Kier alpha value is -5.11. The molecular weight excluding hydrogens is 621 g/mol. The zero-order valence-electron chi connectivity index (χ0n) is 25.1. The number of pyridine rings is 1. The number of hydrogen-bond acceptors (Lipinski definition) is 6. The predicted molar refractivity (Wildman–Crippen MR) is 167 cm³/mol. The van der Waals surface area contributed by atoms with Crippen molar-refractivity contribution < 1.29 is 30.8 Å². The lowest BCUT2D eigenvalue weighted by Gasteiger charge is -2.22. The molecule has 10 nitrogen and oxygen atoms in total. The Morgan fingerprint density at radius 2 is 1.91 bits per heavy atom. The van der Waals surface area contributed by atoms with Gasteiger partial charge in [-0.1, -0.05) is 12.1 Å². The summed E-state index contributed by atoms with van der Waals surface area (Å²) in [5.74, 6) is -4.23. The van der Waals surface area contributed by atoms with Crippen molar-refractivity contribution in [2.24, 2.45) is 0 Å². The van der Waals surface area contributed by atoms with Crippen LogP contribution in [0.5, 0.6) is 0 Å². The summed E-state index contributed by atoms with van der Waals surface area (Å²) < 4.78 is 78.6. The smallest absolute Gasteiger partial charge is 0.273 e. The highest BCUT2D eigenvalue weighted by Crippen LogP contribution is 2.41. The zero-order valence-corrected chi connectivity index (χ0v) is 25.9. The zero-order chi connectivity index (χ0) is 32.7. The third-order valence-electron chi connectivity index (χ3n) is 8.37. The van der Waals surface area contributed by atoms with E-state index in [4.69, 9.17) is 9.40 Å². The molecule has 236 valence electrons. The number of alkyl halides is 2. The second-order valence-corrected chi connectivity index (χ2v) is 13.3. The average molecular weight is 649 g/mol. The number of benzene rings is 2. The highest BCUT2D eigenvalue weighted by molar-refractivity contribution is 7.92. The molecule has 0 spiro atoms. The van der Waals surface area contributed by atoms with E-state index in [2.05, 4.69) is 10.4 Å². The van der Waals surface area contributed by atoms with Crippen LogP contribution in [-0.2, 0) is 28.9 Å². The number of furan rings is 1. The Morgan fingerprint density at radius 3 is 2.61 bits per heavy atom. The standard InChI is InChI=1S/C32H27F3N6O4S/c1-32(34,35)18-15-37-41(16-18)31-28(30(42)36-2)21-12-20(25(14-27(21)45-31)39(3)46(4,43)44)23-9-8-17-10-11-40-24-7-5-6-22(33)19(24)13-26(40)29(17)38-23/h5-9,12-16H,10-11H2,1-4H3,(H,36,42). The van der Waals surface area contributed by atoms with Crippen LogP contribution in [0.3, 0.4) is 0 Å². The van der Waals surface area contributed by atoms with Crippen LogP contribution in [0.1, 0.15) is 28.4 Å². The lowest BCUT2D eigenvalue weighted by atomic mass is 9.99. The number of carbonyl (C=O) groups is 1. The number of carbonyl (C=O) groups excluding carboxylic acids is 1. The quantitative estimate of drug-likeness (QED) is 0.242. The van der Waals surface area contributed by atoms with E-state index < -0.39 is 21.9 Å². The van der Waals surface area contributed by atoms with Gasteiger partial charge in [-0.3, -0.25) is 9.10 Å². The second-order valence-electron chi connectivity index (χ2n) is 11.3. The molecule has 5 heterocycles. The fourth-order valence-electron chi connectivity index (χ4n) is 5.91. The Bertz CT molecular complexity index is 2340. The van der Waals surface area contributed by atoms with Crippen molar-refractivity contribution in [3.8, 4) is 28.5 Å². The third kappa shape index (κ3) is 4.62. The van der Waals surface area contributed by atoms with Crippen molar-refractivity contribution in [2.75, 3.05) is 24.7 Å². The molecule has 0 fully saturated rings. The van der Waals surface area contributed by atoms with Crippen LogP contribution < -0.4 is 9.62 Å². The Balaban J connectivity index is 1.48. The van der Waals surface area contributed by atoms with Gasteiger partial charge in [-0.2, -0.15) is 5.10 Å². The van der Waals surface area contributed by atoms with E-state index in [9.17, 15) is 26.4 Å². The van der Waals surface area contributed by atoms with Crippen LogP contribution in [0, 0.1) is 5.82 Å². The topological polar surface area (TPSA) is 115 Å². The number of fused-ring (bicyclic) bond motifs is 6. The number of aryl methyl sites for hydroxylation is 2. The summed E-state index contributed by atoms with van der Waals surface area (Å²) in [7, 11) is -0.998. The van der Waals surface area contributed by atoms with E-state index in [0.717, 1.165) is 51.3 Å². The minimum Gasteiger partial charge on any atom is -0.437 e. The number of sulfonamides is 1. The number of nitrogens with zero attached hydrogens (tertiary/aromatic N) is 5.